The summed E-state index contributed by atoms with van der Waals surface area (Å²) in [7, 11) is 5.76. The summed E-state index contributed by atoms with van der Waals surface area (Å²) in [5, 5.41) is 6.45. The van der Waals surface area contributed by atoms with E-state index in [1.165, 1.54) is 0 Å². The molecule has 7 heteroatoms. The molecule has 0 aliphatic carbocycles. The number of ether oxygens (including phenoxy) is 1. The predicted molar refractivity (Wildman–Crippen MR) is 94.0 cm³/mol. The Morgan fingerprint density at radius 2 is 2.12 bits per heavy atom. The molecule has 0 amide bonds. The van der Waals surface area contributed by atoms with Crippen molar-refractivity contribution in [2.24, 2.45) is 4.99 Å². The lowest BCUT2D eigenvalue weighted by molar-refractivity contribution is 0.253. The van der Waals surface area contributed by atoms with Crippen molar-refractivity contribution in [3.63, 3.8) is 0 Å². The van der Waals surface area contributed by atoms with Gasteiger partial charge >= 0.3 is 0 Å². The molecule has 0 saturated carbocycles. The smallest absolute Gasteiger partial charge is 0.213 e. The third-order valence-electron chi connectivity index (χ3n) is 3.28. The highest BCUT2D eigenvalue weighted by Crippen LogP contribution is 2.09. The van der Waals surface area contributed by atoms with Gasteiger partial charge in [-0.1, -0.05) is 0 Å². The van der Waals surface area contributed by atoms with E-state index in [0.29, 0.717) is 31.5 Å². The van der Waals surface area contributed by atoms with Crippen LogP contribution < -0.4 is 15.4 Å². The normalized spacial score (nSPS) is 11.6. The van der Waals surface area contributed by atoms with Crippen LogP contribution in [0.3, 0.4) is 0 Å². The van der Waals surface area contributed by atoms with E-state index in [1.807, 2.05) is 38.4 Å². The lowest BCUT2D eigenvalue weighted by Gasteiger charge is -2.12. The molecular formula is C17H25N5O2. The van der Waals surface area contributed by atoms with Gasteiger partial charge in [-0.2, -0.15) is 0 Å². The van der Waals surface area contributed by atoms with Crippen LogP contribution in [0.25, 0.3) is 0 Å². The first-order chi connectivity index (χ1) is 11.7. The number of aliphatic imine (C=N–C) groups is 1. The van der Waals surface area contributed by atoms with Crippen molar-refractivity contribution < 1.29 is 9.15 Å². The summed E-state index contributed by atoms with van der Waals surface area (Å²) >= 11 is 0. The number of nitrogens with zero attached hydrogens (tertiary/aromatic N) is 3. The zero-order valence-corrected chi connectivity index (χ0v) is 14.5. The number of rotatable bonds is 8. The molecule has 0 aliphatic heterocycles. The number of pyridine rings is 1. The molecule has 0 aromatic carbocycles. The molecule has 7 nitrogen and oxygen atoms in total. The number of hydrogen-bond acceptors (Lipinski definition) is 5. The Balaban J connectivity index is 1.79. The van der Waals surface area contributed by atoms with E-state index in [-0.39, 0.29) is 0 Å². The van der Waals surface area contributed by atoms with E-state index in [4.69, 9.17) is 9.15 Å². The Bertz CT molecular complexity index is 626. The number of furan rings is 1. The van der Waals surface area contributed by atoms with Crippen LogP contribution in [0.15, 0.2) is 46.1 Å². The highest BCUT2D eigenvalue weighted by Gasteiger charge is 2.03. The van der Waals surface area contributed by atoms with Crippen molar-refractivity contribution in [1.82, 2.24) is 20.5 Å². The summed E-state index contributed by atoms with van der Waals surface area (Å²) in [5.41, 5.74) is 1.07. The summed E-state index contributed by atoms with van der Waals surface area (Å²) in [6.07, 6.45) is 3.41. The van der Waals surface area contributed by atoms with Crippen molar-refractivity contribution in [3.05, 3.63) is 48.0 Å². The molecule has 0 spiro atoms. The second-order valence-electron chi connectivity index (χ2n) is 5.51. The SMILES string of the molecule is CN=C(NCc1ccnc(OCCN(C)C)c1)NCc1ccco1. The van der Waals surface area contributed by atoms with E-state index >= 15 is 0 Å². The second kappa shape index (κ2) is 9.57. The first-order valence-corrected chi connectivity index (χ1v) is 7.86. The summed E-state index contributed by atoms with van der Waals surface area (Å²) < 4.78 is 10.9. The average molecular weight is 331 g/mol. The lowest BCUT2D eigenvalue weighted by Crippen LogP contribution is -2.36. The molecule has 0 aliphatic rings. The number of aromatic nitrogens is 1. The molecule has 0 bridgehead atoms. The van der Waals surface area contributed by atoms with Crippen LogP contribution in [-0.4, -0.2) is 50.1 Å². The maximum absolute atomic E-state index is 5.65. The van der Waals surface area contributed by atoms with Crippen molar-refractivity contribution in [2.45, 2.75) is 13.1 Å². The topological polar surface area (TPSA) is 74.9 Å². The van der Waals surface area contributed by atoms with Crippen molar-refractivity contribution in [1.29, 1.82) is 0 Å². The molecular weight excluding hydrogens is 306 g/mol. The number of nitrogens with one attached hydrogen (secondary N) is 2. The zero-order valence-electron chi connectivity index (χ0n) is 14.5. The largest absolute Gasteiger partial charge is 0.476 e. The number of likely N-dealkylation sites (N-methyl/N-ethyl adjacent to an activating group) is 1. The lowest BCUT2D eigenvalue weighted by atomic mass is 10.2. The third-order valence-corrected chi connectivity index (χ3v) is 3.28. The van der Waals surface area contributed by atoms with Crippen LogP contribution in [0.1, 0.15) is 11.3 Å². The van der Waals surface area contributed by atoms with Crippen LogP contribution >= 0.6 is 0 Å². The van der Waals surface area contributed by atoms with Gasteiger partial charge in [-0.3, -0.25) is 4.99 Å². The van der Waals surface area contributed by atoms with Crippen molar-refractivity contribution in [2.75, 3.05) is 34.3 Å². The van der Waals surface area contributed by atoms with Gasteiger partial charge in [0.2, 0.25) is 5.88 Å². The molecule has 0 atom stereocenters. The monoisotopic (exact) mass is 331 g/mol. The van der Waals surface area contributed by atoms with Gasteiger partial charge in [-0.15, -0.1) is 0 Å². The molecule has 2 aromatic heterocycles. The van der Waals surface area contributed by atoms with Gasteiger partial charge in [0.05, 0.1) is 12.8 Å². The Hall–Kier alpha value is -2.54. The fourth-order valence-electron chi connectivity index (χ4n) is 1.96. The van der Waals surface area contributed by atoms with E-state index in [1.54, 1.807) is 19.5 Å². The van der Waals surface area contributed by atoms with E-state index in [0.717, 1.165) is 17.9 Å². The van der Waals surface area contributed by atoms with E-state index in [2.05, 4.69) is 25.5 Å². The van der Waals surface area contributed by atoms with Crippen LogP contribution in [0, 0.1) is 0 Å². The minimum absolute atomic E-state index is 0.585. The highest BCUT2D eigenvalue weighted by atomic mass is 16.5. The van der Waals surface area contributed by atoms with Crippen LogP contribution in [0.5, 0.6) is 5.88 Å². The molecule has 0 saturated heterocycles. The van der Waals surface area contributed by atoms with Gasteiger partial charge in [0, 0.05) is 32.4 Å². The summed E-state index contributed by atoms with van der Waals surface area (Å²) in [5.74, 6) is 2.20. The highest BCUT2D eigenvalue weighted by molar-refractivity contribution is 5.79. The number of hydrogen-bond donors (Lipinski definition) is 2. The fourth-order valence-corrected chi connectivity index (χ4v) is 1.96. The quantitative estimate of drug-likeness (QED) is 0.564. The number of guanidine groups is 1. The van der Waals surface area contributed by atoms with Crippen molar-refractivity contribution in [3.8, 4) is 5.88 Å². The summed E-state index contributed by atoms with van der Waals surface area (Å²) in [6, 6.07) is 7.66. The molecule has 0 fully saturated rings. The Morgan fingerprint density at radius 1 is 1.29 bits per heavy atom. The first-order valence-electron chi connectivity index (χ1n) is 7.86. The van der Waals surface area contributed by atoms with Gasteiger partial charge in [-0.05, 0) is 37.9 Å². The van der Waals surface area contributed by atoms with Gasteiger partial charge in [0.15, 0.2) is 5.96 Å². The standard InChI is InChI=1S/C17H25N5O2/c1-18-17(21-13-15-5-4-9-23-15)20-12-14-6-7-19-16(11-14)24-10-8-22(2)3/h4-7,9,11H,8,10,12-13H2,1-3H3,(H2,18,20,21). The maximum atomic E-state index is 5.65. The fraction of sp³-hybridized carbons (Fsp3) is 0.412. The average Bonchev–Trinajstić information content (AvgIpc) is 3.08. The maximum Gasteiger partial charge on any atom is 0.213 e. The third kappa shape index (κ3) is 6.29. The Kier molecular flexibility index (Phi) is 7.10. The summed E-state index contributed by atoms with van der Waals surface area (Å²) in [4.78, 5) is 10.5. The second-order valence-corrected chi connectivity index (χ2v) is 5.51. The zero-order chi connectivity index (χ0) is 17.2. The van der Waals surface area contributed by atoms with E-state index < -0.39 is 0 Å². The molecule has 0 unspecified atom stereocenters. The van der Waals surface area contributed by atoms with Crippen LogP contribution in [0.4, 0.5) is 0 Å². The minimum Gasteiger partial charge on any atom is -0.476 e. The summed E-state index contributed by atoms with van der Waals surface area (Å²) in [6.45, 7) is 2.68. The molecule has 2 heterocycles. The molecule has 24 heavy (non-hydrogen) atoms. The van der Waals surface area contributed by atoms with Gasteiger partial charge in [0.25, 0.3) is 0 Å². The minimum atomic E-state index is 0.585. The Morgan fingerprint density at radius 3 is 2.83 bits per heavy atom. The van der Waals surface area contributed by atoms with Gasteiger partial charge < -0.3 is 24.7 Å². The van der Waals surface area contributed by atoms with Crippen LogP contribution in [0.2, 0.25) is 0 Å². The molecule has 2 rings (SSSR count). The van der Waals surface area contributed by atoms with E-state index in [9.17, 15) is 0 Å². The predicted octanol–water partition coefficient (Wildman–Crippen LogP) is 1.48. The molecule has 2 N–H and O–H groups in total. The molecule has 2 aromatic rings. The van der Waals surface area contributed by atoms with Crippen molar-refractivity contribution >= 4 is 5.96 Å². The van der Waals surface area contributed by atoms with Crippen LogP contribution in [-0.2, 0) is 13.1 Å². The molecule has 130 valence electrons. The van der Waals surface area contributed by atoms with Gasteiger partial charge in [-0.25, -0.2) is 4.98 Å². The molecule has 0 radical (unpaired) electrons. The van der Waals surface area contributed by atoms with Gasteiger partial charge in [0.1, 0.15) is 12.4 Å². The Labute approximate surface area is 142 Å². The first kappa shape index (κ1) is 17.8.